The fourth-order valence-electron chi connectivity index (χ4n) is 1.68. The van der Waals surface area contributed by atoms with Crippen LogP contribution in [0.1, 0.15) is 5.56 Å². The molecule has 4 heteroatoms. The third-order valence-corrected chi connectivity index (χ3v) is 2.42. The minimum atomic E-state index is -0.832. The van der Waals surface area contributed by atoms with Crippen LogP contribution in [0.25, 0.3) is 11.4 Å². The molecule has 1 heterocycles. The van der Waals surface area contributed by atoms with Gasteiger partial charge in [0.1, 0.15) is 5.82 Å². The van der Waals surface area contributed by atoms with Crippen molar-refractivity contribution in [3.05, 3.63) is 42.2 Å². The van der Waals surface area contributed by atoms with E-state index in [1.54, 1.807) is 6.20 Å². The Bertz CT molecular complexity index is 517. The molecule has 1 N–H and O–H groups in total. The topological polar surface area (TPSA) is 55.1 Å². The number of rotatable bonds is 3. The van der Waals surface area contributed by atoms with Gasteiger partial charge >= 0.3 is 5.97 Å². The Morgan fingerprint density at radius 3 is 2.81 bits per heavy atom. The molecule has 0 aliphatic rings. The zero-order valence-electron chi connectivity index (χ0n) is 8.92. The van der Waals surface area contributed by atoms with Crippen LogP contribution in [0.15, 0.2) is 36.7 Å². The highest BCUT2D eigenvalue weighted by Crippen LogP contribution is 2.21. The molecule has 0 spiro atoms. The molecule has 0 aliphatic carbocycles. The number of aromatic nitrogens is 2. The molecule has 0 bridgehead atoms. The first-order chi connectivity index (χ1) is 7.68. The number of benzene rings is 1. The van der Waals surface area contributed by atoms with E-state index in [4.69, 9.17) is 5.11 Å². The number of hydrogen-bond acceptors (Lipinski definition) is 2. The van der Waals surface area contributed by atoms with Crippen LogP contribution in [0.4, 0.5) is 0 Å². The summed E-state index contributed by atoms with van der Waals surface area (Å²) in [5, 5.41) is 8.83. The van der Waals surface area contributed by atoms with E-state index in [0.29, 0.717) is 0 Å². The smallest absolute Gasteiger partial charge is 0.307 e. The first-order valence-corrected chi connectivity index (χ1v) is 4.96. The van der Waals surface area contributed by atoms with E-state index < -0.39 is 5.97 Å². The molecule has 0 fully saturated rings. The SMILES string of the molecule is Cn1ccnc1-c1ccccc1CC(=O)O. The Kier molecular flexibility index (Phi) is 2.72. The van der Waals surface area contributed by atoms with Gasteiger partial charge in [0.25, 0.3) is 0 Å². The molecule has 0 radical (unpaired) electrons. The molecule has 16 heavy (non-hydrogen) atoms. The Morgan fingerprint density at radius 1 is 1.44 bits per heavy atom. The molecule has 0 unspecified atom stereocenters. The van der Waals surface area contributed by atoms with Gasteiger partial charge in [-0.3, -0.25) is 4.79 Å². The fraction of sp³-hybridized carbons (Fsp3) is 0.167. The minimum Gasteiger partial charge on any atom is -0.481 e. The highest BCUT2D eigenvalue weighted by molar-refractivity contribution is 5.74. The molecule has 0 saturated heterocycles. The molecule has 1 aromatic carbocycles. The second-order valence-electron chi connectivity index (χ2n) is 3.59. The summed E-state index contributed by atoms with van der Waals surface area (Å²) >= 11 is 0. The van der Waals surface area contributed by atoms with Gasteiger partial charge in [-0.25, -0.2) is 4.98 Å². The molecule has 1 aromatic heterocycles. The lowest BCUT2D eigenvalue weighted by Crippen LogP contribution is -2.03. The van der Waals surface area contributed by atoms with Crippen LogP contribution in [-0.2, 0) is 18.3 Å². The van der Waals surface area contributed by atoms with E-state index in [2.05, 4.69) is 4.98 Å². The summed E-state index contributed by atoms with van der Waals surface area (Å²) in [6.45, 7) is 0. The van der Waals surface area contributed by atoms with Crippen molar-refractivity contribution in [2.24, 2.45) is 7.05 Å². The van der Waals surface area contributed by atoms with Gasteiger partial charge in [0.2, 0.25) is 0 Å². The summed E-state index contributed by atoms with van der Waals surface area (Å²) in [7, 11) is 1.89. The number of carboxylic acids is 1. The average Bonchev–Trinajstić information content (AvgIpc) is 2.64. The van der Waals surface area contributed by atoms with Gasteiger partial charge in [0, 0.05) is 25.0 Å². The molecular formula is C12H12N2O2. The lowest BCUT2D eigenvalue weighted by atomic mass is 10.0. The normalized spacial score (nSPS) is 10.3. The van der Waals surface area contributed by atoms with E-state index in [-0.39, 0.29) is 6.42 Å². The minimum absolute atomic E-state index is 0.0169. The highest BCUT2D eigenvalue weighted by Gasteiger charge is 2.10. The van der Waals surface area contributed by atoms with Gasteiger partial charge in [-0.1, -0.05) is 24.3 Å². The van der Waals surface area contributed by atoms with Crippen LogP contribution in [0.5, 0.6) is 0 Å². The first kappa shape index (κ1) is 10.4. The monoisotopic (exact) mass is 216 g/mol. The Labute approximate surface area is 93.2 Å². The van der Waals surface area contributed by atoms with E-state index in [0.717, 1.165) is 17.0 Å². The number of aliphatic carboxylic acids is 1. The molecule has 2 aromatic rings. The van der Waals surface area contributed by atoms with Crippen molar-refractivity contribution in [1.82, 2.24) is 9.55 Å². The molecule has 2 rings (SSSR count). The van der Waals surface area contributed by atoms with Crippen molar-refractivity contribution in [3.63, 3.8) is 0 Å². The van der Waals surface area contributed by atoms with Gasteiger partial charge in [-0.15, -0.1) is 0 Å². The van der Waals surface area contributed by atoms with Crippen LogP contribution in [-0.4, -0.2) is 20.6 Å². The van der Waals surface area contributed by atoms with E-state index >= 15 is 0 Å². The number of imidazole rings is 1. The van der Waals surface area contributed by atoms with Crippen LogP contribution in [0.3, 0.4) is 0 Å². The lowest BCUT2D eigenvalue weighted by Gasteiger charge is -2.07. The van der Waals surface area contributed by atoms with Crippen molar-refractivity contribution in [1.29, 1.82) is 0 Å². The summed E-state index contributed by atoms with van der Waals surface area (Å²) in [5.41, 5.74) is 1.65. The molecule has 0 saturated carbocycles. The van der Waals surface area contributed by atoms with Crippen molar-refractivity contribution in [2.75, 3.05) is 0 Å². The molecular weight excluding hydrogens is 204 g/mol. The summed E-state index contributed by atoms with van der Waals surface area (Å²) in [4.78, 5) is 15.0. The van der Waals surface area contributed by atoms with Gasteiger partial charge < -0.3 is 9.67 Å². The number of aryl methyl sites for hydroxylation is 1. The largest absolute Gasteiger partial charge is 0.481 e. The molecule has 0 atom stereocenters. The first-order valence-electron chi connectivity index (χ1n) is 4.96. The van der Waals surface area contributed by atoms with Gasteiger partial charge in [-0.2, -0.15) is 0 Å². The summed E-state index contributed by atoms with van der Waals surface area (Å²) in [5.74, 6) is -0.0430. The third-order valence-electron chi connectivity index (χ3n) is 2.42. The predicted octanol–water partition coefficient (Wildman–Crippen LogP) is 1.71. The summed E-state index contributed by atoms with van der Waals surface area (Å²) < 4.78 is 1.88. The fourth-order valence-corrected chi connectivity index (χ4v) is 1.68. The number of carbonyl (C=O) groups is 1. The number of carboxylic acid groups (broad SMARTS) is 1. The van der Waals surface area contributed by atoms with Crippen LogP contribution >= 0.6 is 0 Å². The average molecular weight is 216 g/mol. The maximum atomic E-state index is 10.7. The van der Waals surface area contributed by atoms with Crippen molar-refractivity contribution >= 4 is 5.97 Å². The summed E-state index contributed by atoms with van der Waals surface area (Å²) in [6.07, 6.45) is 3.56. The van der Waals surface area contributed by atoms with Crippen molar-refractivity contribution in [3.8, 4) is 11.4 Å². The second kappa shape index (κ2) is 4.18. The molecule has 0 aliphatic heterocycles. The zero-order valence-corrected chi connectivity index (χ0v) is 8.92. The Hall–Kier alpha value is -2.10. The van der Waals surface area contributed by atoms with E-state index in [1.807, 2.05) is 42.1 Å². The zero-order chi connectivity index (χ0) is 11.5. The van der Waals surface area contributed by atoms with Gasteiger partial charge in [0.15, 0.2) is 0 Å². The van der Waals surface area contributed by atoms with Crippen molar-refractivity contribution < 1.29 is 9.90 Å². The summed E-state index contributed by atoms with van der Waals surface area (Å²) in [6, 6.07) is 7.43. The van der Waals surface area contributed by atoms with E-state index in [1.165, 1.54) is 0 Å². The van der Waals surface area contributed by atoms with E-state index in [9.17, 15) is 4.79 Å². The predicted molar refractivity (Wildman–Crippen MR) is 60.0 cm³/mol. The molecule has 82 valence electrons. The highest BCUT2D eigenvalue weighted by atomic mass is 16.4. The Balaban J connectivity index is 2.48. The molecule has 0 amide bonds. The third kappa shape index (κ3) is 1.95. The standard InChI is InChI=1S/C12H12N2O2/c1-14-7-6-13-12(14)10-5-3-2-4-9(10)8-11(15)16/h2-7H,8H2,1H3,(H,15,16). The van der Waals surface area contributed by atoms with Crippen LogP contribution in [0.2, 0.25) is 0 Å². The van der Waals surface area contributed by atoms with Crippen molar-refractivity contribution in [2.45, 2.75) is 6.42 Å². The number of hydrogen-bond donors (Lipinski definition) is 1. The lowest BCUT2D eigenvalue weighted by molar-refractivity contribution is -0.136. The quantitative estimate of drug-likeness (QED) is 0.849. The maximum absolute atomic E-state index is 10.7. The van der Waals surface area contributed by atoms with Gasteiger partial charge in [0.05, 0.1) is 6.42 Å². The maximum Gasteiger partial charge on any atom is 0.307 e. The van der Waals surface area contributed by atoms with Crippen LogP contribution < -0.4 is 0 Å². The van der Waals surface area contributed by atoms with Crippen LogP contribution in [0, 0.1) is 0 Å². The molecule has 4 nitrogen and oxygen atoms in total. The second-order valence-corrected chi connectivity index (χ2v) is 3.59. The van der Waals surface area contributed by atoms with Gasteiger partial charge in [-0.05, 0) is 5.56 Å². The number of nitrogens with zero attached hydrogens (tertiary/aromatic N) is 2. The Morgan fingerprint density at radius 2 is 2.19 bits per heavy atom.